The molecule has 2 heterocycles. The summed E-state index contributed by atoms with van der Waals surface area (Å²) in [5.41, 5.74) is 0. The van der Waals surface area contributed by atoms with Crippen LogP contribution < -0.4 is 4.90 Å². The first-order chi connectivity index (χ1) is 8.50. The average molecular weight is 269 g/mol. The van der Waals surface area contributed by atoms with Gasteiger partial charge in [0.15, 0.2) is 4.77 Å². The highest BCUT2D eigenvalue weighted by molar-refractivity contribution is 7.71. The van der Waals surface area contributed by atoms with Crippen LogP contribution in [0.5, 0.6) is 0 Å². The Morgan fingerprint density at radius 2 is 1.67 bits per heavy atom. The van der Waals surface area contributed by atoms with E-state index in [-0.39, 0.29) is 0 Å². The molecule has 1 saturated heterocycles. The van der Waals surface area contributed by atoms with Crippen molar-refractivity contribution in [3.05, 3.63) is 4.77 Å². The fourth-order valence-electron chi connectivity index (χ4n) is 2.42. The zero-order chi connectivity index (χ0) is 13.3. The van der Waals surface area contributed by atoms with Gasteiger partial charge in [-0.1, -0.05) is 0 Å². The van der Waals surface area contributed by atoms with Gasteiger partial charge in [-0.2, -0.15) is 0 Å². The summed E-state index contributed by atoms with van der Waals surface area (Å²) in [5, 5.41) is 7.29. The number of aromatic amines is 1. The lowest BCUT2D eigenvalue weighted by atomic mass is 10.2. The Kier molecular flexibility index (Phi) is 4.07. The molecule has 0 spiro atoms. The topological polar surface area (TPSA) is 40.1 Å². The van der Waals surface area contributed by atoms with Gasteiger partial charge in [0.2, 0.25) is 5.95 Å². The van der Waals surface area contributed by atoms with E-state index in [1.165, 1.54) is 0 Å². The second-order valence-electron chi connectivity index (χ2n) is 5.41. The first-order valence-corrected chi connectivity index (χ1v) is 7.07. The minimum Gasteiger partial charge on any atom is -0.338 e. The number of rotatable bonds is 3. The number of piperazine rings is 1. The average Bonchev–Trinajstić information content (AvgIpc) is 2.71. The fraction of sp³-hybridized carbons (Fsp3) is 0.833. The van der Waals surface area contributed by atoms with Gasteiger partial charge in [0, 0.05) is 38.3 Å². The van der Waals surface area contributed by atoms with E-state index >= 15 is 0 Å². The molecule has 0 saturated carbocycles. The molecule has 0 aliphatic carbocycles. The summed E-state index contributed by atoms with van der Waals surface area (Å²) in [6, 6.07) is 0.965. The van der Waals surface area contributed by atoms with Gasteiger partial charge in [-0.15, -0.1) is 5.10 Å². The van der Waals surface area contributed by atoms with Crippen molar-refractivity contribution in [3.63, 3.8) is 0 Å². The number of H-pyrrole nitrogens is 1. The van der Waals surface area contributed by atoms with Gasteiger partial charge in [0.25, 0.3) is 0 Å². The predicted molar refractivity (Wildman–Crippen MR) is 76.7 cm³/mol. The summed E-state index contributed by atoms with van der Waals surface area (Å²) in [6.07, 6.45) is 0. The summed E-state index contributed by atoms with van der Waals surface area (Å²) in [6.45, 7) is 13.0. The maximum atomic E-state index is 5.29. The molecular weight excluding hydrogens is 246 g/mol. The van der Waals surface area contributed by atoms with Gasteiger partial charge >= 0.3 is 0 Å². The summed E-state index contributed by atoms with van der Waals surface area (Å²) in [4.78, 5) is 4.82. The van der Waals surface area contributed by atoms with Gasteiger partial charge < -0.3 is 4.90 Å². The standard InChI is InChI=1S/C12H23N5S/c1-9(2)15-5-7-16(8-6-15)11-13-14-12(18)17(11)10(3)4/h9-10H,5-8H2,1-4H3,(H,14,18). The lowest BCUT2D eigenvalue weighted by molar-refractivity contribution is 0.208. The number of anilines is 1. The molecule has 0 amide bonds. The summed E-state index contributed by atoms with van der Waals surface area (Å²) in [5.74, 6) is 0.985. The fourth-order valence-corrected chi connectivity index (χ4v) is 2.76. The van der Waals surface area contributed by atoms with E-state index in [9.17, 15) is 0 Å². The van der Waals surface area contributed by atoms with Crippen molar-refractivity contribution in [1.82, 2.24) is 19.7 Å². The third-order valence-electron chi connectivity index (χ3n) is 3.53. The van der Waals surface area contributed by atoms with Gasteiger partial charge in [-0.3, -0.25) is 9.47 Å². The molecule has 6 heteroatoms. The molecule has 1 aromatic heterocycles. The van der Waals surface area contributed by atoms with Crippen LogP contribution in [0.25, 0.3) is 0 Å². The minimum absolute atomic E-state index is 0.342. The van der Waals surface area contributed by atoms with E-state index < -0.39 is 0 Å². The van der Waals surface area contributed by atoms with E-state index in [1.54, 1.807) is 0 Å². The number of hydrogen-bond donors (Lipinski definition) is 1. The molecule has 0 atom stereocenters. The SMILES string of the molecule is CC(C)N1CCN(c2n[nH]c(=S)n2C(C)C)CC1. The molecule has 18 heavy (non-hydrogen) atoms. The van der Waals surface area contributed by atoms with Gasteiger partial charge in [0.05, 0.1) is 0 Å². The molecule has 0 bridgehead atoms. The van der Waals surface area contributed by atoms with E-state index in [1.807, 2.05) is 0 Å². The van der Waals surface area contributed by atoms with Crippen LogP contribution in [-0.4, -0.2) is 51.9 Å². The lowest BCUT2D eigenvalue weighted by Gasteiger charge is -2.37. The Hall–Kier alpha value is -0.880. The molecule has 1 aliphatic heterocycles. The highest BCUT2D eigenvalue weighted by atomic mass is 32.1. The molecule has 5 nitrogen and oxygen atoms in total. The maximum Gasteiger partial charge on any atom is 0.226 e. The van der Waals surface area contributed by atoms with Crippen molar-refractivity contribution in [2.75, 3.05) is 31.1 Å². The van der Waals surface area contributed by atoms with Crippen LogP contribution in [0.2, 0.25) is 0 Å². The molecule has 1 fully saturated rings. The molecule has 1 aliphatic rings. The zero-order valence-electron chi connectivity index (χ0n) is 11.7. The van der Waals surface area contributed by atoms with Crippen molar-refractivity contribution in [2.45, 2.75) is 39.8 Å². The Labute approximate surface area is 114 Å². The Bertz CT molecular complexity index is 440. The van der Waals surface area contributed by atoms with Crippen molar-refractivity contribution in [2.24, 2.45) is 0 Å². The minimum atomic E-state index is 0.342. The molecular formula is C12H23N5S. The highest BCUT2D eigenvalue weighted by Crippen LogP contribution is 2.19. The third kappa shape index (κ3) is 2.59. The van der Waals surface area contributed by atoms with E-state index in [2.05, 4.69) is 52.3 Å². The van der Waals surface area contributed by atoms with E-state index in [0.29, 0.717) is 16.9 Å². The second kappa shape index (κ2) is 5.40. The number of aromatic nitrogens is 3. The monoisotopic (exact) mass is 269 g/mol. The third-order valence-corrected chi connectivity index (χ3v) is 3.82. The van der Waals surface area contributed by atoms with Crippen molar-refractivity contribution < 1.29 is 0 Å². The first-order valence-electron chi connectivity index (χ1n) is 6.66. The normalized spacial score (nSPS) is 18.0. The summed E-state index contributed by atoms with van der Waals surface area (Å²) >= 11 is 5.29. The van der Waals surface area contributed by atoms with Crippen LogP contribution in [0.1, 0.15) is 33.7 Å². The Balaban J connectivity index is 2.13. The lowest BCUT2D eigenvalue weighted by Crippen LogP contribution is -2.49. The predicted octanol–water partition coefficient (Wildman–Crippen LogP) is 2.05. The molecule has 0 radical (unpaired) electrons. The highest BCUT2D eigenvalue weighted by Gasteiger charge is 2.23. The molecule has 1 N–H and O–H groups in total. The number of nitrogens with zero attached hydrogens (tertiary/aromatic N) is 4. The van der Waals surface area contributed by atoms with Crippen molar-refractivity contribution in [1.29, 1.82) is 0 Å². The summed E-state index contributed by atoms with van der Waals surface area (Å²) < 4.78 is 2.81. The van der Waals surface area contributed by atoms with Gasteiger partial charge in [0.1, 0.15) is 0 Å². The second-order valence-corrected chi connectivity index (χ2v) is 5.80. The maximum absolute atomic E-state index is 5.29. The molecule has 0 aromatic carbocycles. The molecule has 2 rings (SSSR count). The smallest absolute Gasteiger partial charge is 0.226 e. The van der Waals surface area contributed by atoms with Crippen molar-refractivity contribution in [3.8, 4) is 0 Å². The summed E-state index contributed by atoms with van der Waals surface area (Å²) in [7, 11) is 0. The van der Waals surface area contributed by atoms with Gasteiger partial charge in [-0.05, 0) is 39.9 Å². The molecule has 102 valence electrons. The van der Waals surface area contributed by atoms with Crippen LogP contribution in [-0.2, 0) is 0 Å². The van der Waals surface area contributed by atoms with E-state index in [4.69, 9.17) is 12.2 Å². The van der Waals surface area contributed by atoms with Gasteiger partial charge in [-0.25, -0.2) is 5.10 Å². The van der Waals surface area contributed by atoms with Crippen LogP contribution in [0, 0.1) is 4.77 Å². The van der Waals surface area contributed by atoms with Crippen LogP contribution >= 0.6 is 12.2 Å². The van der Waals surface area contributed by atoms with E-state index in [0.717, 1.165) is 32.1 Å². The van der Waals surface area contributed by atoms with Crippen LogP contribution in [0.15, 0.2) is 0 Å². The zero-order valence-corrected chi connectivity index (χ0v) is 12.5. The Morgan fingerprint density at radius 1 is 1.06 bits per heavy atom. The largest absolute Gasteiger partial charge is 0.338 e. The first kappa shape index (κ1) is 13.5. The quantitative estimate of drug-likeness (QED) is 0.853. The molecule has 0 unspecified atom stereocenters. The molecule has 1 aromatic rings. The van der Waals surface area contributed by atoms with Crippen LogP contribution in [0.3, 0.4) is 0 Å². The number of hydrogen-bond acceptors (Lipinski definition) is 4. The van der Waals surface area contributed by atoms with Crippen molar-refractivity contribution >= 4 is 18.2 Å². The Morgan fingerprint density at radius 3 is 2.17 bits per heavy atom. The van der Waals surface area contributed by atoms with Crippen LogP contribution in [0.4, 0.5) is 5.95 Å². The number of nitrogens with one attached hydrogen (secondary N) is 1.